The largest absolute Gasteiger partial charge is 0.493 e. The first kappa shape index (κ1) is 17.2. The van der Waals surface area contributed by atoms with E-state index >= 15 is 0 Å². The van der Waals surface area contributed by atoms with Gasteiger partial charge in [-0.3, -0.25) is 4.79 Å². The van der Waals surface area contributed by atoms with E-state index in [0.29, 0.717) is 11.8 Å². The van der Waals surface area contributed by atoms with Gasteiger partial charge in [-0.2, -0.15) is 0 Å². The molecule has 6 heteroatoms. The van der Waals surface area contributed by atoms with Gasteiger partial charge in [0.1, 0.15) is 6.29 Å². The van der Waals surface area contributed by atoms with Crippen molar-refractivity contribution in [3.63, 3.8) is 0 Å². The minimum Gasteiger partial charge on any atom is -0.493 e. The van der Waals surface area contributed by atoms with Crippen molar-refractivity contribution in [2.75, 3.05) is 7.11 Å². The van der Waals surface area contributed by atoms with Crippen LogP contribution in [0.5, 0.6) is 11.5 Å². The van der Waals surface area contributed by atoms with Crippen LogP contribution in [0.15, 0.2) is 46.9 Å². The van der Waals surface area contributed by atoms with E-state index in [1.54, 1.807) is 6.08 Å². The number of methoxy groups -OCH3 is 1. The lowest BCUT2D eigenvalue weighted by Crippen LogP contribution is -2.06. The van der Waals surface area contributed by atoms with Gasteiger partial charge in [0.25, 0.3) is 0 Å². The summed E-state index contributed by atoms with van der Waals surface area (Å²) in [6.07, 6.45) is 3.53. The van der Waals surface area contributed by atoms with Crippen molar-refractivity contribution in [1.82, 2.24) is 0 Å². The monoisotopic (exact) mass is 394 g/mol. The molecule has 0 aromatic heterocycles. The molecular formula is C17H12BrClO4. The molecule has 0 spiro atoms. The summed E-state index contributed by atoms with van der Waals surface area (Å²) in [5.41, 5.74) is 1.17. The fraction of sp³-hybridized carbons (Fsp3) is 0.0588. The van der Waals surface area contributed by atoms with Crippen molar-refractivity contribution < 1.29 is 19.1 Å². The lowest BCUT2D eigenvalue weighted by Gasteiger charge is -2.10. The van der Waals surface area contributed by atoms with E-state index in [9.17, 15) is 9.59 Å². The number of hydrogen-bond acceptors (Lipinski definition) is 4. The van der Waals surface area contributed by atoms with E-state index in [1.165, 1.54) is 25.3 Å². The first-order chi connectivity index (χ1) is 11.0. The van der Waals surface area contributed by atoms with Gasteiger partial charge in [-0.05, 0) is 35.9 Å². The summed E-state index contributed by atoms with van der Waals surface area (Å²) < 4.78 is 11.2. The second kappa shape index (κ2) is 7.94. The Hall–Kier alpha value is -2.11. The van der Waals surface area contributed by atoms with Crippen molar-refractivity contribution in [1.29, 1.82) is 0 Å². The highest BCUT2D eigenvalue weighted by atomic mass is 79.9. The summed E-state index contributed by atoms with van der Waals surface area (Å²) in [5.74, 6) is -0.323. The lowest BCUT2D eigenvalue weighted by atomic mass is 10.2. The Bertz CT molecular complexity index is 771. The van der Waals surface area contributed by atoms with E-state index in [2.05, 4.69) is 15.9 Å². The van der Waals surface area contributed by atoms with Gasteiger partial charge in [-0.25, -0.2) is 4.79 Å². The number of ether oxygens (including phenoxy) is 2. The van der Waals surface area contributed by atoms with E-state index in [-0.39, 0.29) is 16.5 Å². The molecule has 0 amide bonds. The first-order valence-corrected chi connectivity index (χ1v) is 7.68. The average molecular weight is 396 g/mol. The summed E-state index contributed by atoms with van der Waals surface area (Å²) in [6, 6.07) is 10.3. The molecule has 2 rings (SSSR count). The minimum absolute atomic E-state index is 0.0728. The zero-order valence-electron chi connectivity index (χ0n) is 12.1. The molecule has 0 N–H and O–H groups in total. The molecule has 0 fully saturated rings. The molecule has 0 heterocycles. The predicted molar refractivity (Wildman–Crippen MR) is 92.2 cm³/mol. The number of halogens is 2. The highest BCUT2D eigenvalue weighted by Gasteiger charge is 2.14. The number of carbonyl (C=O) groups is 2. The number of esters is 1. The molecule has 0 saturated carbocycles. The molecule has 2 aromatic carbocycles. The van der Waals surface area contributed by atoms with E-state index in [1.807, 2.05) is 24.3 Å². The van der Waals surface area contributed by atoms with E-state index in [4.69, 9.17) is 21.1 Å². The molecule has 0 atom stereocenters. The molecule has 118 valence electrons. The molecule has 2 aromatic rings. The van der Waals surface area contributed by atoms with Gasteiger partial charge in [-0.1, -0.05) is 39.7 Å². The fourth-order valence-electron chi connectivity index (χ4n) is 1.82. The maximum absolute atomic E-state index is 11.9. The first-order valence-electron chi connectivity index (χ1n) is 6.51. The summed E-state index contributed by atoms with van der Waals surface area (Å²) in [5, 5.41) is 0.121. The summed E-state index contributed by atoms with van der Waals surface area (Å²) in [6.45, 7) is 0. The van der Waals surface area contributed by atoms with E-state index < -0.39 is 5.97 Å². The Kier molecular flexibility index (Phi) is 5.96. The third-order valence-electron chi connectivity index (χ3n) is 2.85. The molecule has 0 aliphatic carbocycles. The number of benzene rings is 2. The second-order valence-electron chi connectivity index (χ2n) is 4.46. The maximum Gasteiger partial charge on any atom is 0.336 e. The minimum atomic E-state index is -0.607. The average Bonchev–Trinajstić information content (AvgIpc) is 2.54. The normalized spacial score (nSPS) is 10.6. The van der Waals surface area contributed by atoms with Gasteiger partial charge in [0.15, 0.2) is 11.5 Å². The quantitative estimate of drug-likeness (QED) is 0.323. The van der Waals surface area contributed by atoms with Crippen LogP contribution in [0.1, 0.15) is 15.9 Å². The molecule has 0 saturated heterocycles. The van der Waals surface area contributed by atoms with Crippen LogP contribution in [0.2, 0.25) is 5.02 Å². The highest BCUT2D eigenvalue weighted by Crippen LogP contribution is 2.36. The second-order valence-corrected chi connectivity index (χ2v) is 5.78. The molecular weight excluding hydrogens is 384 g/mol. The summed E-state index contributed by atoms with van der Waals surface area (Å²) in [4.78, 5) is 22.8. The van der Waals surface area contributed by atoms with Crippen LogP contribution in [0.3, 0.4) is 0 Å². The van der Waals surface area contributed by atoms with Crippen LogP contribution in [-0.2, 0) is 4.79 Å². The smallest absolute Gasteiger partial charge is 0.336 e. The van der Waals surface area contributed by atoms with Crippen molar-refractivity contribution in [2.24, 2.45) is 0 Å². The van der Waals surface area contributed by atoms with Gasteiger partial charge in [0.2, 0.25) is 0 Å². The van der Waals surface area contributed by atoms with Gasteiger partial charge in [0, 0.05) is 16.1 Å². The summed E-state index contributed by atoms with van der Waals surface area (Å²) in [7, 11) is 1.40. The Balaban J connectivity index is 2.18. The SMILES string of the molecule is COc1cc(C=O)cc(Cl)c1OC(=O)/C=C/c1cccc(Br)c1. The van der Waals surface area contributed by atoms with Gasteiger partial charge < -0.3 is 9.47 Å². The van der Waals surface area contributed by atoms with Crippen molar-refractivity contribution in [2.45, 2.75) is 0 Å². The topological polar surface area (TPSA) is 52.6 Å². The molecule has 0 bridgehead atoms. The van der Waals surface area contributed by atoms with Crippen LogP contribution < -0.4 is 9.47 Å². The number of aldehydes is 1. The highest BCUT2D eigenvalue weighted by molar-refractivity contribution is 9.10. The molecule has 4 nitrogen and oxygen atoms in total. The Labute approximate surface area is 146 Å². The molecule has 0 aliphatic rings. The Morgan fingerprint density at radius 3 is 2.65 bits per heavy atom. The van der Waals surface area contributed by atoms with Crippen molar-refractivity contribution in [3.8, 4) is 11.5 Å². The van der Waals surface area contributed by atoms with Crippen molar-refractivity contribution >= 4 is 45.9 Å². The van der Waals surface area contributed by atoms with Crippen LogP contribution in [0.25, 0.3) is 6.08 Å². The molecule has 0 radical (unpaired) electrons. The van der Waals surface area contributed by atoms with Gasteiger partial charge in [-0.15, -0.1) is 0 Å². The number of hydrogen-bond donors (Lipinski definition) is 0. The Morgan fingerprint density at radius 1 is 1.22 bits per heavy atom. The third-order valence-corrected chi connectivity index (χ3v) is 3.63. The number of carbonyl (C=O) groups excluding carboxylic acids is 2. The Morgan fingerprint density at radius 2 is 2.00 bits per heavy atom. The zero-order valence-corrected chi connectivity index (χ0v) is 14.4. The van der Waals surface area contributed by atoms with Crippen LogP contribution >= 0.6 is 27.5 Å². The van der Waals surface area contributed by atoms with E-state index in [0.717, 1.165) is 10.0 Å². The third kappa shape index (κ3) is 4.68. The standard InChI is InChI=1S/C17H12BrClO4/c1-22-15-9-12(10-20)8-14(19)17(15)23-16(21)6-5-11-3-2-4-13(18)7-11/h2-10H,1H3/b6-5+. The van der Waals surface area contributed by atoms with Gasteiger partial charge >= 0.3 is 5.97 Å². The molecule has 0 aliphatic heterocycles. The fourth-order valence-corrected chi connectivity index (χ4v) is 2.49. The lowest BCUT2D eigenvalue weighted by molar-refractivity contribution is -0.129. The van der Waals surface area contributed by atoms with Crippen molar-refractivity contribution in [3.05, 3.63) is 63.1 Å². The van der Waals surface area contributed by atoms with Crippen LogP contribution in [0.4, 0.5) is 0 Å². The van der Waals surface area contributed by atoms with Gasteiger partial charge in [0.05, 0.1) is 12.1 Å². The number of rotatable bonds is 5. The predicted octanol–water partition coefficient (Wildman–Crippen LogP) is 4.54. The van der Waals surface area contributed by atoms with Crippen LogP contribution in [-0.4, -0.2) is 19.4 Å². The maximum atomic E-state index is 11.9. The molecule has 23 heavy (non-hydrogen) atoms. The van der Waals surface area contributed by atoms with Crippen LogP contribution in [0, 0.1) is 0 Å². The summed E-state index contributed by atoms with van der Waals surface area (Å²) >= 11 is 9.38. The molecule has 0 unspecified atom stereocenters. The zero-order chi connectivity index (χ0) is 16.8.